The van der Waals surface area contributed by atoms with E-state index in [4.69, 9.17) is 18.7 Å². The summed E-state index contributed by atoms with van der Waals surface area (Å²) in [4.78, 5) is 36.6. The summed E-state index contributed by atoms with van der Waals surface area (Å²) in [5.74, 6) is 0.216. The van der Waals surface area contributed by atoms with Crippen molar-refractivity contribution in [3.8, 4) is 0 Å². The number of carbonyl (C=O) groups excluding carboxylic acids is 1. The van der Waals surface area contributed by atoms with Crippen molar-refractivity contribution in [2.45, 2.75) is 37.8 Å². The molecular weight excluding hydrogens is 519 g/mol. The lowest BCUT2D eigenvalue weighted by Gasteiger charge is -2.24. The molecule has 0 bridgehead atoms. The van der Waals surface area contributed by atoms with E-state index in [1.54, 1.807) is 17.6 Å². The summed E-state index contributed by atoms with van der Waals surface area (Å²) in [6.07, 6.45) is 2.74. The fourth-order valence-corrected chi connectivity index (χ4v) is 4.66. The molecule has 1 aromatic carbocycles. The topological polar surface area (TPSA) is 171 Å². The number of phosphoric acid groups is 1. The monoisotopic (exact) mass is 545 g/mol. The molecule has 202 valence electrons. The second-order valence-electron chi connectivity index (χ2n) is 8.36. The van der Waals surface area contributed by atoms with Gasteiger partial charge >= 0.3 is 6.03 Å². The van der Waals surface area contributed by atoms with Crippen molar-refractivity contribution in [2.24, 2.45) is 0 Å². The number of imidazole rings is 1. The number of amides is 2. The van der Waals surface area contributed by atoms with Crippen molar-refractivity contribution in [2.75, 3.05) is 25.6 Å². The number of ether oxygens (including phenoxy) is 3. The molecule has 6 atom stereocenters. The Hall–Kier alpha value is -3.23. The predicted molar refractivity (Wildman–Crippen MR) is 132 cm³/mol. The maximum absolute atomic E-state index is 12.0. The van der Waals surface area contributed by atoms with E-state index in [0.29, 0.717) is 17.7 Å². The average Bonchev–Trinajstić information content (AvgIpc) is 3.61. The molecule has 2 saturated heterocycles. The van der Waals surface area contributed by atoms with Gasteiger partial charge in [0.25, 0.3) is 7.82 Å². The number of fused-ring (bicyclic) bond motifs is 2. The molecule has 2 N–H and O–H groups in total. The molecule has 2 fully saturated rings. The van der Waals surface area contributed by atoms with Gasteiger partial charge in [-0.05, 0) is 18.6 Å². The molecule has 14 nitrogen and oxygen atoms in total. The first kappa shape index (κ1) is 26.4. The van der Waals surface area contributed by atoms with E-state index in [9.17, 15) is 14.3 Å². The molecule has 2 aliphatic rings. The molecule has 2 aliphatic heterocycles. The van der Waals surface area contributed by atoms with Crippen LogP contribution in [-0.2, 0) is 27.8 Å². The minimum atomic E-state index is -4.50. The number of urea groups is 1. The van der Waals surface area contributed by atoms with Crippen LogP contribution in [0.3, 0.4) is 0 Å². The van der Waals surface area contributed by atoms with Gasteiger partial charge in [0.05, 0.1) is 12.9 Å². The third kappa shape index (κ3) is 5.61. The van der Waals surface area contributed by atoms with Gasteiger partial charge in [-0.2, -0.15) is 0 Å². The van der Waals surface area contributed by atoms with Gasteiger partial charge in [-0.3, -0.25) is 14.4 Å². The molecule has 5 rings (SSSR count). The zero-order valence-corrected chi connectivity index (χ0v) is 21.4. The number of anilines is 1. The SMILES string of the molecule is CCNC(=O)Nc1ncnc2c1ncn2[C@@H]1O[C@H](COP(=O)([O-])OC)C2O[C@H](/C=C/c3ccccc3)O[C@@H]21. The van der Waals surface area contributed by atoms with Crippen molar-refractivity contribution in [1.29, 1.82) is 0 Å². The van der Waals surface area contributed by atoms with E-state index >= 15 is 0 Å². The number of phosphoric ester groups is 1. The predicted octanol–water partition coefficient (Wildman–Crippen LogP) is 1.82. The van der Waals surface area contributed by atoms with Crippen LogP contribution < -0.4 is 15.5 Å². The van der Waals surface area contributed by atoms with Crippen molar-refractivity contribution in [1.82, 2.24) is 24.8 Å². The fourth-order valence-electron chi connectivity index (χ4n) is 4.22. The highest BCUT2D eigenvalue weighted by Crippen LogP contribution is 2.44. The highest BCUT2D eigenvalue weighted by atomic mass is 31.2. The molecule has 0 radical (unpaired) electrons. The second-order valence-corrected chi connectivity index (χ2v) is 9.88. The lowest BCUT2D eigenvalue weighted by Crippen LogP contribution is -2.32. The Kier molecular flexibility index (Phi) is 7.81. The van der Waals surface area contributed by atoms with Gasteiger partial charge in [0, 0.05) is 13.7 Å². The summed E-state index contributed by atoms with van der Waals surface area (Å²) in [7, 11) is -3.49. The Balaban J connectivity index is 1.41. The number of rotatable bonds is 9. The quantitative estimate of drug-likeness (QED) is 0.376. The molecule has 0 spiro atoms. The van der Waals surface area contributed by atoms with E-state index in [-0.39, 0.29) is 12.4 Å². The Morgan fingerprint density at radius 3 is 2.74 bits per heavy atom. The summed E-state index contributed by atoms with van der Waals surface area (Å²) in [5.41, 5.74) is 1.66. The Labute approximate surface area is 217 Å². The summed E-state index contributed by atoms with van der Waals surface area (Å²) in [6.45, 7) is 1.88. The minimum absolute atomic E-state index is 0.216. The van der Waals surface area contributed by atoms with Crippen LogP contribution in [0.5, 0.6) is 0 Å². The number of nitrogens with zero attached hydrogens (tertiary/aromatic N) is 4. The first-order chi connectivity index (χ1) is 18.4. The molecular formula is C23H26N6O8P-. The number of hydrogen-bond donors (Lipinski definition) is 2. The van der Waals surface area contributed by atoms with Crippen molar-refractivity contribution in [3.63, 3.8) is 0 Å². The molecule has 2 unspecified atom stereocenters. The molecule has 3 aromatic rings. The van der Waals surface area contributed by atoms with Crippen LogP contribution in [-0.4, -0.2) is 70.4 Å². The Morgan fingerprint density at radius 1 is 1.18 bits per heavy atom. The molecule has 38 heavy (non-hydrogen) atoms. The van der Waals surface area contributed by atoms with E-state index in [0.717, 1.165) is 12.7 Å². The maximum atomic E-state index is 12.0. The summed E-state index contributed by atoms with van der Waals surface area (Å²) in [5, 5.41) is 5.28. The molecule has 4 heterocycles. The highest BCUT2D eigenvalue weighted by Gasteiger charge is 2.53. The van der Waals surface area contributed by atoms with Crippen LogP contribution in [0.15, 0.2) is 49.1 Å². The van der Waals surface area contributed by atoms with Crippen LogP contribution in [0.4, 0.5) is 10.6 Å². The first-order valence-corrected chi connectivity index (χ1v) is 13.3. The summed E-state index contributed by atoms with van der Waals surface area (Å²) in [6, 6.07) is 9.20. The van der Waals surface area contributed by atoms with Crippen molar-refractivity contribution < 1.29 is 37.5 Å². The smallest absolute Gasteiger partial charge is 0.320 e. The molecule has 2 amide bonds. The van der Waals surface area contributed by atoms with E-state index in [1.807, 2.05) is 36.4 Å². The molecule has 0 aliphatic carbocycles. The van der Waals surface area contributed by atoms with Gasteiger partial charge in [0.15, 0.2) is 29.5 Å². The average molecular weight is 545 g/mol. The standard InChI is InChI=1S/C23H27N6O8P/c1-3-24-23(30)28-20-17-21(26-12-25-20)29(13-27-17)22-19-18(15(35-22)11-34-38(31,32)33-2)36-16(37-19)10-9-14-7-5-4-6-8-14/h4-10,12-13,15-16,18-19,22H,3,11H2,1-2H3,(H,31,32)(H2,24,25,26,28,30)/p-1/b10-9+/t15-,16+,18?,19+,22-/m1/s1. The Bertz CT molecular complexity index is 1350. The van der Waals surface area contributed by atoms with Crippen LogP contribution >= 0.6 is 7.82 Å². The van der Waals surface area contributed by atoms with E-state index < -0.39 is 44.7 Å². The van der Waals surface area contributed by atoms with Gasteiger partial charge in [0.2, 0.25) is 0 Å². The van der Waals surface area contributed by atoms with Gasteiger partial charge in [-0.25, -0.2) is 19.7 Å². The summed E-state index contributed by atoms with van der Waals surface area (Å²) >= 11 is 0. The first-order valence-electron chi connectivity index (χ1n) is 11.8. The molecule has 2 aromatic heterocycles. The normalized spacial score (nSPS) is 26.4. The number of hydrogen-bond acceptors (Lipinski definition) is 11. The van der Waals surface area contributed by atoms with E-state index in [2.05, 4.69) is 30.1 Å². The number of aromatic nitrogens is 4. The van der Waals surface area contributed by atoms with Gasteiger partial charge in [-0.1, -0.05) is 36.4 Å². The zero-order chi connectivity index (χ0) is 26.7. The molecule has 0 saturated carbocycles. The lowest BCUT2D eigenvalue weighted by atomic mass is 10.1. The van der Waals surface area contributed by atoms with Crippen molar-refractivity contribution >= 4 is 36.9 Å². The lowest BCUT2D eigenvalue weighted by molar-refractivity contribution is -0.226. The largest absolute Gasteiger partial charge is 0.756 e. The van der Waals surface area contributed by atoms with E-state index in [1.165, 1.54) is 12.7 Å². The Morgan fingerprint density at radius 2 is 1.97 bits per heavy atom. The number of benzene rings is 1. The number of carbonyl (C=O) groups is 1. The van der Waals surface area contributed by atoms with Crippen LogP contribution in [0.2, 0.25) is 0 Å². The van der Waals surface area contributed by atoms with Crippen LogP contribution in [0, 0.1) is 0 Å². The fraction of sp³-hybridized carbons (Fsp3) is 0.391. The highest BCUT2D eigenvalue weighted by molar-refractivity contribution is 7.45. The van der Waals surface area contributed by atoms with Gasteiger partial charge < -0.3 is 33.5 Å². The minimum Gasteiger partial charge on any atom is -0.756 e. The molecule has 15 heteroatoms. The van der Waals surface area contributed by atoms with Gasteiger partial charge in [-0.15, -0.1) is 0 Å². The third-order valence-corrected chi connectivity index (χ3v) is 6.85. The summed E-state index contributed by atoms with van der Waals surface area (Å²) < 4.78 is 41.2. The maximum Gasteiger partial charge on any atom is 0.320 e. The number of nitrogens with one attached hydrogen (secondary N) is 2. The van der Waals surface area contributed by atoms with Crippen molar-refractivity contribution in [3.05, 3.63) is 54.6 Å². The van der Waals surface area contributed by atoms with Gasteiger partial charge in [0.1, 0.15) is 24.6 Å². The second kappa shape index (κ2) is 11.3. The zero-order valence-electron chi connectivity index (χ0n) is 20.5. The van der Waals surface area contributed by atoms with Crippen LogP contribution in [0.25, 0.3) is 17.2 Å². The van der Waals surface area contributed by atoms with Crippen LogP contribution in [0.1, 0.15) is 18.7 Å². The third-order valence-electron chi connectivity index (χ3n) is 5.94.